The second-order valence-electron chi connectivity index (χ2n) is 5.09. The number of hydrogen-bond donors (Lipinski definition) is 1. The Morgan fingerprint density at radius 2 is 2.16 bits per heavy atom. The second-order valence-corrected chi connectivity index (χ2v) is 5.09. The van der Waals surface area contributed by atoms with E-state index < -0.39 is 0 Å². The maximum atomic E-state index is 6.14. The summed E-state index contributed by atoms with van der Waals surface area (Å²) in [6.45, 7) is 4.24. The van der Waals surface area contributed by atoms with E-state index in [1.54, 1.807) is 0 Å². The standard InChI is InChI=1S/C16H20N2O/c1-2-12-10-13-4-3-5-15(16(13)18-11-12)19-14-6-8-17-9-7-14/h3-5,10-11,14,17H,2,6-9H2,1H3. The lowest BCUT2D eigenvalue weighted by atomic mass is 10.1. The molecule has 3 rings (SSSR count). The molecular weight excluding hydrogens is 236 g/mol. The van der Waals surface area contributed by atoms with Crippen LogP contribution in [-0.2, 0) is 6.42 Å². The average molecular weight is 256 g/mol. The van der Waals surface area contributed by atoms with Crippen molar-refractivity contribution in [2.45, 2.75) is 32.3 Å². The maximum Gasteiger partial charge on any atom is 0.145 e. The molecule has 3 nitrogen and oxygen atoms in total. The number of nitrogens with zero attached hydrogens (tertiary/aromatic N) is 1. The lowest BCUT2D eigenvalue weighted by molar-refractivity contribution is 0.164. The third-order valence-electron chi connectivity index (χ3n) is 3.72. The van der Waals surface area contributed by atoms with Gasteiger partial charge in [0.2, 0.25) is 0 Å². The minimum Gasteiger partial charge on any atom is -0.488 e. The normalized spacial score (nSPS) is 16.7. The van der Waals surface area contributed by atoms with Crippen molar-refractivity contribution in [1.82, 2.24) is 10.3 Å². The topological polar surface area (TPSA) is 34.1 Å². The number of ether oxygens (including phenoxy) is 1. The first-order valence-electron chi connectivity index (χ1n) is 7.12. The smallest absolute Gasteiger partial charge is 0.145 e. The van der Waals surface area contributed by atoms with Gasteiger partial charge < -0.3 is 10.1 Å². The van der Waals surface area contributed by atoms with E-state index in [1.165, 1.54) is 10.9 Å². The van der Waals surface area contributed by atoms with Gasteiger partial charge in [0.1, 0.15) is 17.4 Å². The number of hydrogen-bond acceptors (Lipinski definition) is 3. The number of piperidine rings is 1. The van der Waals surface area contributed by atoms with E-state index >= 15 is 0 Å². The molecule has 3 heteroatoms. The first-order chi connectivity index (χ1) is 9.36. The van der Waals surface area contributed by atoms with E-state index in [-0.39, 0.29) is 0 Å². The molecule has 0 aliphatic carbocycles. The van der Waals surface area contributed by atoms with Crippen LogP contribution in [0.25, 0.3) is 10.9 Å². The molecule has 0 atom stereocenters. The molecule has 1 aliphatic rings. The number of nitrogens with one attached hydrogen (secondary N) is 1. The zero-order valence-electron chi connectivity index (χ0n) is 11.4. The van der Waals surface area contributed by atoms with Gasteiger partial charge in [0, 0.05) is 11.6 Å². The van der Waals surface area contributed by atoms with E-state index in [0.717, 1.165) is 43.6 Å². The summed E-state index contributed by atoms with van der Waals surface area (Å²) in [7, 11) is 0. The van der Waals surface area contributed by atoms with Crippen LogP contribution in [0.4, 0.5) is 0 Å². The highest BCUT2D eigenvalue weighted by Gasteiger charge is 2.15. The summed E-state index contributed by atoms with van der Waals surface area (Å²) in [6, 6.07) is 8.40. The fourth-order valence-electron chi connectivity index (χ4n) is 2.56. The summed E-state index contributed by atoms with van der Waals surface area (Å²) >= 11 is 0. The van der Waals surface area contributed by atoms with Crippen LogP contribution in [0.1, 0.15) is 25.3 Å². The van der Waals surface area contributed by atoms with Gasteiger partial charge in [-0.15, -0.1) is 0 Å². The van der Waals surface area contributed by atoms with E-state index in [0.29, 0.717) is 6.10 Å². The Kier molecular flexibility index (Phi) is 3.65. The van der Waals surface area contributed by atoms with Crippen LogP contribution in [0.3, 0.4) is 0 Å². The van der Waals surface area contributed by atoms with Crippen molar-refractivity contribution in [2.24, 2.45) is 0 Å². The largest absolute Gasteiger partial charge is 0.488 e. The Labute approximate surface area is 114 Å². The lowest BCUT2D eigenvalue weighted by Crippen LogP contribution is -2.34. The molecule has 2 aromatic rings. The van der Waals surface area contributed by atoms with Crippen molar-refractivity contribution in [1.29, 1.82) is 0 Å². The zero-order valence-corrected chi connectivity index (χ0v) is 11.4. The molecule has 1 saturated heterocycles. The van der Waals surface area contributed by atoms with Crippen LogP contribution in [0.5, 0.6) is 5.75 Å². The van der Waals surface area contributed by atoms with Crippen LogP contribution in [0.2, 0.25) is 0 Å². The summed E-state index contributed by atoms with van der Waals surface area (Å²) in [5, 5.41) is 4.53. The molecule has 100 valence electrons. The lowest BCUT2D eigenvalue weighted by Gasteiger charge is -2.24. The molecule has 1 aliphatic heterocycles. The molecule has 1 aromatic carbocycles. The summed E-state index contributed by atoms with van der Waals surface area (Å²) < 4.78 is 6.14. The molecule has 0 saturated carbocycles. The van der Waals surface area contributed by atoms with Crippen LogP contribution >= 0.6 is 0 Å². The Morgan fingerprint density at radius 3 is 2.95 bits per heavy atom. The number of benzene rings is 1. The Morgan fingerprint density at radius 1 is 1.32 bits per heavy atom. The molecule has 0 amide bonds. The molecule has 0 unspecified atom stereocenters. The predicted octanol–water partition coefficient (Wildman–Crippen LogP) is 2.93. The quantitative estimate of drug-likeness (QED) is 0.917. The molecule has 1 N–H and O–H groups in total. The predicted molar refractivity (Wildman–Crippen MR) is 77.6 cm³/mol. The SMILES string of the molecule is CCc1cnc2c(OC3CCNCC3)cccc2c1. The van der Waals surface area contributed by atoms with E-state index in [1.807, 2.05) is 12.3 Å². The summed E-state index contributed by atoms with van der Waals surface area (Å²) in [5.41, 5.74) is 2.25. The van der Waals surface area contributed by atoms with Gasteiger partial charge in [0.15, 0.2) is 0 Å². The van der Waals surface area contributed by atoms with Crippen molar-refractivity contribution in [3.8, 4) is 5.75 Å². The number of pyridine rings is 1. The van der Waals surface area contributed by atoms with Crippen molar-refractivity contribution in [3.05, 3.63) is 36.0 Å². The van der Waals surface area contributed by atoms with Crippen molar-refractivity contribution in [3.63, 3.8) is 0 Å². The van der Waals surface area contributed by atoms with Crippen molar-refractivity contribution >= 4 is 10.9 Å². The molecule has 0 spiro atoms. The highest BCUT2D eigenvalue weighted by molar-refractivity contribution is 5.84. The Balaban J connectivity index is 1.90. The van der Waals surface area contributed by atoms with Gasteiger partial charge in [-0.1, -0.05) is 19.1 Å². The van der Waals surface area contributed by atoms with Gasteiger partial charge in [-0.2, -0.15) is 0 Å². The van der Waals surface area contributed by atoms with Gasteiger partial charge in [-0.25, -0.2) is 0 Å². The van der Waals surface area contributed by atoms with Crippen LogP contribution in [0, 0.1) is 0 Å². The highest BCUT2D eigenvalue weighted by atomic mass is 16.5. The summed E-state index contributed by atoms with van der Waals surface area (Å²) in [5.74, 6) is 0.923. The van der Waals surface area contributed by atoms with Gasteiger partial charge >= 0.3 is 0 Å². The second kappa shape index (κ2) is 5.57. The van der Waals surface area contributed by atoms with Gasteiger partial charge in [-0.3, -0.25) is 4.98 Å². The molecule has 1 aromatic heterocycles. The number of rotatable bonds is 3. The van der Waals surface area contributed by atoms with Gasteiger partial charge in [0.25, 0.3) is 0 Å². The molecule has 0 bridgehead atoms. The Hall–Kier alpha value is -1.61. The van der Waals surface area contributed by atoms with E-state index in [4.69, 9.17) is 4.74 Å². The minimum absolute atomic E-state index is 0.319. The first kappa shape index (κ1) is 12.4. The fourth-order valence-corrected chi connectivity index (χ4v) is 2.56. The van der Waals surface area contributed by atoms with Gasteiger partial charge in [-0.05, 0) is 50.0 Å². The fraction of sp³-hybridized carbons (Fsp3) is 0.438. The van der Waals surface area contributed by atoms with Crippen LogP contribution < -0.4 is 10.1 Å². The minimum atomic E-state index is 0.319. The van der Waals surface area contributed by atoms with Gasteiger partial charge in [0.05, 0.1) is 0 Å². The summed E-state index contributed by atoms with van der Waals surface area (Å²) in [6.07, 6.45) is 5.44. The third kappa shape index (κ3) is 2.71. The maximum absolute atomic E-state index is 6.14. The van der Waals surface area contributed by atoms with Crippen LogP contribution in [0.15, 0.2) is 30.5 Å². The molecule has 0 radical (unpaired) electrons. The monoisotopic (exact) mass is 256 g/mol. The molecular formula is C16H20N2O. The number of aryl methyl sites for hydroxylation is 1. The zero-order chi connectivity index (χ0) is 13.1. The van der Waals surface area contributed by atoms with E-state index in [9.17, 15) is 0 Å². The molecule has 1 fully saturated rings. The van der Waals surface area contributed by atoms with Crippen molar-refractivity contribution in [2.75, 3.05) is 13.1 Å². The average Bonchev–Trinajstić information content (AvgIpc) is 2.48. The number of para-hydroxylation sites is 1. The van der Waals surface area contributed by atoms with E-state index in [2.05, 4.69) is 35.4 Å². The Bertz CT molecular complexity index is 562. The summed E-state index contributed by atoms with van der Waals surface area (Å²) in [4.78, 5) is 4.58. The third-order valence-corrected chi connectivity index (χ3v) is 3.72. The van der Waals surface area contributed by atoms with Crippen LogP contribution in [-0.4, -0.2) is 24.2 Å². The molecule has 2 heterocycles. The molecule has 19 heavy (non-hydrogen) atoms. The van der Waals surface area contributed by atoms with Crippen molar-refractivity contribution < 1.29 is 4.74 Å². The number of fused-ring (bicyclic) bond motifs is 1. The number of aromatic nitrogens is 1. The highest BCUT2D eigenvalue weighted by Crippen LogP contribution is 2.26. The first-order valence-corrected chi connectivity index (χ1v) is 7.12.